The highest BCUT2D eigenvalue weighted by atomic mass is 16.5. The molecule has 1 heterocycles. The van der Waals surface area contributed by atoms with Crippen LogP contribution in [0.25, 0.3) is 10.8 Å². The van der Waals surface area contributed by atoms with Crippen molar-refractivity contribution >= 4 is 28.7 Å². The van der Waals surface area contributed by atoms with Gasteiger partial charge in [-0.3, -0.25) is 9.69 Å². The molecule has 0 bridgehead atoms. The summed E-state index contributed by atoms with van der Waals surface area (Å²) in [7, 11) is 0. The van der Waals surface area contributed by atoms with Crippen LogP contribution in [0.1, 0.15) is 12.5 Å². The summed E-state index contributed by atoms with van der Waals surface area (Å²) in [4.78, 5) is 38.5. The van der Waals surface area contributed by atoms with Gasteiger partial charge >= 0.3 is 12.0 Å². The van der Waals surface area contributed by atoms with Crippen LogP contribution in [-0.4, -0.2) is 29.4 Å². The van der Waals surface area contributed by atoms with Gasteiger partial charge < -0.3 is 10.1 Å². The van der Waals surface area contributed by atoms with Gasteiger partial charge in [0.2, 0.25) is 0 Å². The summed E-state index contributed by atoms with van der Waals surface area (Å²) in [6, 6.07) is 21.2. The molecule has 1 fully saturated rings. The molecule has 0 unspecified atom stereocenters. The van der Waals surface area contributed by atoms with E-state index in [2.05, 4.69) is 5.32 Å². The van der Waals surface area contributed by atoms with E-state index in [1.807, 2.05) is 42.5 Å². The van der Waals surface area contributed by atoms with Crippen LogP contribution >= 0.6 is 0 Å². The fourth-order valence-corrected chi connectivity index (χ4v) is 3.32. The van der Waals surface area contributed by atoms with Crippen molar-refractivity contribution in [1.82, 2.24) is 10.2 Å². The minimum absolute atomic E-state index is 0.358. The van der Waals surface area contributed by atoms with Crippen molar-refractivity contribution in [1.29, 1.82) is 0 Å². The number of ether oxygens (including phenoxy) is 1. The number of fused-ring (bicyclic) bond motifs is 1. The zero-order valence-corrected chi connectivity index (χ0v) is 15.2. The van der Waals surface area contributed by atoms with Crippen molar-refractivity contribution in [3.63, 3.8) is 0 Å². The van der Waals surface area contributed by atoms with E-state index in [4.69, 9.17) is 4.74 Å². The van der Waals surface area contributed by atoms with E-state index in [0.29, 0.717) is 11.3 Å². The highest BCUT2D eigenvalue weighted by molar-refractivity contribution is 6.09. The molecule has 0 saturated carbocycles. The first-order valence-electron chi connectivity index (χ1n) is 8.86. The second-order valence-electron chi connectivity index (χ2n) is 6.80. The Morgan fingerprint density at radius 3 is 2.39 bits per heavy atom. The molecule has 0 spiro atoms. The SMILES string of the molecule is C[C@@]1(c2ccc3ccccc3c2)NC(=O)N(CC(=O)Oc2ccccc2)C1=O. The largest absolute Gasteiger partial charge is 0.425 e. The van der Waals surface area contributed by atoms with Crippen molar-refractivity contribution in [3.05, 3.63) is 78.4 Å². The number of hydrogen-bond acceptors (Lipinski definition) is 4. The van der Waals surface area contributed by atoms with Gasteiger partial charge in [0, 0.05) is 0 Å². The molecule has 6 heteroatoms. The maximum atomic E-state index is 13.0. The van der Waals surface area contributed by atoms with Gasteiger partial charge in [0.25, 0.3) is 5.91 Å². The van der Waals surface area contributed by atoms with Crippen molar-refractivity contribution in [2.75, 3.05) is 6.54 Å². The maximum Gasteiger partial charge on any atom is 0.331 e. The lowest BCUT2D eigenvalue weighted by atomic mass is 9.90. The van der Waals surface area contributed by atoms with E-state index in [-0.39, 0.29) is 0 Å². The Balaban J connectivity index is 1.56. The summed E-state index contributed by atoms with van der Waals surface area (Å²) < 4.78 is 5.19. The van der Waals surface area contributed by atoms with Gasteiger partial charge in [-0.1, -0.05) is 54.6 Å². The molecular formula is C22H18N2O4. The van der Waals surface area contributed by atoms with Gasteiger partial charge in [-0.15, -0.1) is 0 Å². The van der Waals surface area contributed by atoms with Crippen LogP contribution in [0.15, 0.2) is 72.8 Å². The average Bonchev–Trinajstić information content (AvgIpc) is 2.92. The Morgan fingerprint density at radius 2 is 1.64 bits per heavy atom. The molecule has 3 amide bonds. The van der Waals surface area contributed by atoms with E-state index in [1.54, 1.807) is 37.3 Å². The summed E-state index contributed by atoms with van der Waals surface area (Å²) >= 11 is 0. The number of para-hydroxylation sites is 1. The normalized spacial score (nSPS) is 19.0. The molecule has 140 valence electrons. The zero-order valence-electron chi connectivity index (χ0n) is 15.2. The van der Waals surface area contributed by atoms with Crippen LogP contribution in [0.5, 0.6) is 5.75 Å². The van der Waals surface area contributed by atoms with Crippen LogP contribution < -0.4 is 10.1 Å². The van der Waals surface area contributed by atoms with Crippen molar-refractivity contribution in [3.8, 4) is 5.75 Å². The number of benzene rings is 3. The lowest BCUT2D eigenvalue weighted by Gasteiger charge is -2.22. The number of carbonyl (C=O) groups excluding carboxylic acids is 3. The Hall–Kier alpha value is -3.67. The Kier molecular flexibility index (Phi) is 4.31. The van der Waals surface area contributed by atoms with Gasteiger partial charge in [-0.2, -0.15) is 0 Å². The summed E-state index contributed by atoms with van der Waals surface area (Å²) in [5.74, 6) is -0.813. The van der Waals surface area contributed by atoms with E-state index < -0.39 is 30.0 Å². The van der Waals surface area contributed by atoms with Crippen LogP contribution in [0, 0.1) is 0 Å². The van der Waals surface area contributed by atoms with E-state index in [1.165, 1.54) is 0 Å². The van der Waals surface area contributed by atoms with Crippen molar-refractivity contribution in [2.24, 2.45) is 0 Å². The van der Waals surface area contributed by atoms with E-state index in [0.717, 1.165) is 15.7 Å². The fourth-order valence-electron chi connectivity index (χ4n) is 3.32. The van der Waals surface area contributed by atoms with Gasteiger partial charge in [0.15, 0.2) is 0 Å². The molecule has 6 nitrogen and oxygen atoms in total. The third-order valence-electron chi connectivity index (χ3n) is 4.86. The minimum atomic E-state index is -1.24. The predicted octanol–water partition coefficient (Wildman–Crippen LogP) is 3.21. The second kappa shape index (κ2) is 6.81. The first-order valence-corrected chi connectivity index (χ1v) is 8.86. The molecule has 4 rings (SSSR count). The average molecular weight is 374 g/mol. The Labute approximate surface area is 161 Å². The number of urea groups is 1. The highest BCUT2D eigenvalue weighted by Crippen LogP contribution is 2.31. The fraction of sp³-hybridized carbons (Fsp3) is 0.136. The minimum Gasteiger partial charge on any atom is -0.425 e. The van der Waals surface area contributed by atoms with Crippen molar-refractivity contribution < 1.29 is 19.1 Å². The van der Waals surface area contributed by atoms with Crippen LogP contribution in [0.2, 0.25) is 0 Å². The monoisotopic (exact) mass is 374 g/mol. The second-order valence-corrected chi connectivity index (χ2v) is 6.80. The summed E-state index contributed by atoms with van der Waals surface area (Å²) in [6.45, 7) is 1.18. The molecule has 3 aromatic rings. The number of nitrogens with zero attached hydrogens (tertiary/aromatic N) is 1. The summed E-state index contributed by atoms with van der Waals surface area (Å²) in [6.07, 6.45) is 0. The molecule has 0 radical (unpaired) electrons. The Morgan fingerprint density at radius 1 is 0.964 bits per heavy atom. The number of esters is 1. The number of amides is 3. The first kappa shape index (κ1) is 17.7. The van der Waals surface area contributed by atoms with E-state index in [9.17, 15) is 14.4 Å². The van der Waals surface area contributed by atoms with Crippen LogP contribution in [0.4, 0.5) is 4.79 Å². The lowest BCUT2D eigenvalue weighted by molar-refractivity contribution is -0.140. The standard InChI is InChI=1S/C22H18N2O4/c1-22(17-12-11-15-7-5-6-8-16(15)13-17)20(26)24(21(27)23-22)14-19(25)28-18-9-3-2-4-10-18/h2-13H,14H2,1H3,(H,23,27)/t22-/m0/s1. The number of nitrogens with one attached hydrogen (secondary N) is 1. The summed E-state index contributed by atoms with van der Waals surface area (Å²) in [5.41, 5.74) is -0.586. The molecule has 1 N–H and O–H groups in total. The molecule has 3 aromatic carbocycles. The predicted molar refractivity (Wildman–Crippen MR) is 104 cm³/mol. The molecule has 1 aliphatic rings. The quantitative estimate of drug-likeness (QED) is 0.432. The number of hydrogen-bond donors (Lipinski definition) is 1. The van der Waals surface area contributed by atoms with E-state index >= 15 is 0 Å². The smallest absolute Gasteiger partial charge is 0.331 e. The van der Waals surface area contributed by atoms with Crippen LogP contribution in [-0.2, 0) is 15.1 Å². The third kappa shape index (κ3) is 3.09. The third-order valence-corrected chi connectivity index (χ3v) is 4.86. The van der Waals surface area contributed by atoms with Crippen LogP contribution in [0.3, 0.4) is 0 Å². The zero-order chi connectivity index (χ0) is 19.7. The molecule has 1 atom stereocenters. The number of rotatable bonds is 4. The van der Waals surface area contributed by atoms with Crippen molar-refractivity contribution in [2.45, 2.75) is 12.5 Å². The topological polar surface area (TPSA) is 75.7 Å². The first-order chi connectivity index (χ1) is 13.5. The molecule has 28 heavy (non-hydrogen) atoms. The number of carbonyl (C=O) groups is 3. The van der Waals surface area contributed by atoms with Gasteiger partial charge in [-0.25, -0.2) is 9.59 Å². The molecular weight excluding hydrogens is 356 g/mol. The number of imide groups is 1. The summed E-state index contributed by atoms with van der Waals surface area (Å²) in [5, 5.41) is 4.71. The highest BCUT2D eigenvalue weighted by Gasteiger charge is 2.49. The van der Waals surface area contributed by atoms with Gasteiger partial charge in [0.05, 0.1) is 0 Å². The Bertz CT molecular complexity index is 1080. The molecule has 0 aromatic heterocycles. The molecule has 1 saturated heterocycles. The molecule has 1 aliphatic heterocycles. The molecule has 0 aliphatic carbocycles. The maximum absolute atomic E-state index is 13.0. The van der Waals surface area contributed by atoms with Gasteiger partial charge in [0.1, 0.15) is 17.8 Å². The van der Waals surface area contributed by atoms with Gasteiger partial charge in [-0.05, 0) is 41.5 Å². The lowest BCUT2D eigenvalue weighted by Crippen LogP contribution is -2.42.